The van der Waals surface area contributed by atoms with E-state index in [0.29, 0.717) is 30.3 Å². The molecule has 1 aromatic carbocycles. The van der Waals surface area contributed by atoms with Gasteiger partial charge in [-0.2, -0.15) is 0 Å². The van der Waals surface area contributed by atoms with Gasteiger partial charge >= 0.3 is 0 Å². The molecule has 0 saturated carbocycles. The second-order valence-corrected chi connectivity index (χ2v) is 7.60. The lowest BCUT2D eigenvalue weighted by Gasteiger charge is -2.34. The molecule has 162 valence electrons. The number of amides is 1. The van der Waals surface area contributed by atoms with Crippen molar-refractivity contribution in [1.82, 2.24) is 30.2 Å². The number of morpholine rings is 1. The summed E-state index contributed by atoms with van der Waals surface area (Å²) >= 11 is 6.07. The Bertz CT molecular complexity index is 1030. The standard InChI is InChI=1S/C21H22ClFN6O2/c22-18-11-17(23)2-1-16(18)13-29-14-19(26-27-29)21(30)25-12-20(15-3-5-24-6-4-15)28-7-9-31-10-8-28/h1-6,11,14,20H,7-10,12-13H2,(H,25,30)/t20-/m0/s1. The molecule has 3 heterocycles. The Morgan fingerprint density at radius 3 is 2.74 bits per heavy atom. The Morgan fingerprint density at radius 1 is 1.23 bits per heavy atom. The molecule has 10 heteroatoms. The largest absolute Gasteiger partial charge is 0.379 e. The summed E-state index contributed by atoms with van der Waals surface area (Å²) in [5.41, 5.74) is 1.96. The molecule has 1 aliphatic heterocycles. The van der Waals surface area contributed by atoms with Crippen LogP contribution in [0.15, 0.2) is 48.9 Å². The highest BCUT2D eigenvalue weighted by Crippen LogP contribution is 2.21. The van der Waals surface area contributed by atoms with Crippen molar-refractivity contribution < 1.29 is 13.9 Å². The minimum atomic E-state index is -0.406. The maximum atomic E-state index is 13.2. The molecule has 31 heavy (non-hydrogen) atoms. The predicted octanol–water partition coefficient (Wildman–Crippen LogP) is 2.32. The fourth-order valence-corrected chi connectivity index (χ4v) is 3.74. The van der Waals surface area contributed by atoms with Gasteiger partial charge < -0.3 is 10.1 Å². The summed E-state index contributed by atoms with van der Waals surface area (Å²) in [5.74, 6) is -0.722. The van der Waals surface area contributed by atoms with Crippen LogP contribution in [0.4, 0.5) is 4.39 Å². The third-order valence-corrected chi connectivity index (χ3v) is 5.50. The second-order valence-electron chi connectivity index (χ2n) is 7.19. The van der Waals surface area contributed by atoms with Gasteiger partial charge in [-0.15, -0.1) is 5.10 Å². The number of nitrogens with zero attached hydrogens (tertiary/aromatic N) is 5. The molecule has 1 aliphatic rings. The lowest BCUT2D eigenvalue weighted by Crippen LogP contribution is -2.43. The Morgan fingerprint density at radius 2 is 2.00 bits per heavy atom. The molecule has 1 saturated heterocycles. The van der Waals surface area contributed by atoms with Gasteiger partial charge in [0.1, 0.15) is 5.82 Å². The van der Waals surface area contributed by atoms with E-state index >= 15 is 0 Å². The van der Waals surface area contributed by atoms with Crippen LogP contribution in [-0.2, 0) is 11.3 Å². The van der Waals surface area contributed by atoms with Crippen molar-refractivity contribution in [3.8, 4) is 0 Å². The quantitative estimate of drug-likeness (QED) is 0.602. The molecule has 0 aliphatic carbocycles. The highest BCUT2D eigenvalue weighted by Gasteiger charge is 2.24. The Balaban J connectivity index is 1.41. The maximum Gasteiger partial charge on any atom is 0.273 e. The van der Waals surface area contributed by atoms with Gasteiger partial charge in [0, 0.05) is 37.1 Å². The third kappa shape index (κ3) is 5.43. The number of pyridine rings is 1. The molecular formula is C21H22ClFN6O2. The van der Waals surface area contributed by atoms with E-state index in [4.69, 9.17) is 16.3 Å². The SMILES string of the molecule is O=C(NC[C@@H](c1ccncc1)N1CCOCC1)c1cn(Cc2ccc(F)cc2Cl)nn1. The van der Waals surface area contributed by atoms with Gasteiger partial charge in [0.15, 0.2) is 5.69 Å². The summed E-state index contributed by atoms with van der Waals surface area (Å²) in [5, 5.41) is 11.2. The molecule has 1 amide bonds. The van der Waals surface area contributed by atoms with Gasteiger partial charge in [0.25, 0.3) is 5.91 Å². The van der Waals surface area contributed by atoms with Gasteiger partial charge in [-0.25, -0.2) is 9.07 Å². The number of aromatic nitrogens is 4. The van der Waals surface area contributed by atoms with Crippen molar-refractivity contribution >= 4 is 17.5 Å². The van der Waals surface area contributed by atoms with E-state index in [9.17, 15) is 9.18 Å². The fraction of sp³-hybridized carbons (Fsp3) is 0.333. The normalized spacial score (nSPS) is 15.5. The van der Waals surface area contributed by atoms with Crippen LogP contribution < -0.4 is 5.32 Å². The van der Waals surface area contributed by atoms with Gasteiger partial charge in [0.05, 0.1) is 32.0 Å². The van der Waals surface area contributed by atoms with Crippen molar-refractivity contribution in [2.24, 2.45) is 0 Å². The van der Waals surface area contributed by atoms with Crippen LogP contribution >= 0.6 is 11.6 Å². The van der Waals surface area contributed by atoms with Crippen molar-refractivity contribution in [2.45, 2.75) is 12.6 Å². The number of ether oxygens (including phenoxy) is 1. The first kappa shape index (κ1) is 21.4. The zero-order chi connectivity index (χ0) is 21.6. The second kappa shape index (κ2) is 9.95. The molecule has 3 aromatic rings. The molecule has 1 fully saturated rings. The number of hydrogen-bond donors (Lipinski definition) is 1. The van der Waals surface area contributed by atoms with Crippen LogP contribution in [0.1, 0.15) is 27.7 Å². The Labute approximate surface area is 184 Å². The van der Waals surface area contributed by atoms with Gasteiger partial charge in [-0.3, -0.25) is 14.7 Å². The molecule has 4 rings (SSSR count). The lowest BCUT2D eigenvalue weighted by atomic mass is 10.1. The number of hydrogen-bond acceptors (Lipinski definition) is 6. The number of rotatable bonds is 7. The number of nitrogens with one attached hydrogen (secondary N) is 1. The summed E-state index contributed by atoms with van der Waals surface area (Å²) in [6.07, 6.45) is 5.04. The summed E-state index contributed by atoms with van der Waals surface area (Å²) in [7, 11) is 0. The van der Waals surface area contributed by atoms with Gasteiger partial charge in [-0.1, -0.05) is 22.9 Å². The van der Waals surface area contributed by atoms with Gasteiger partial charge in [-0.05, 0) is 35.4 Å². The Hall–Kier alpha value is -2.88. The first-order valence-electron chi connectivity index (χ1n) is 9.94. The summed E-state index contributed by atoms with van der Waals surface area (Å²) in [4.78, 5) is 19.0. The van der Waals surface area contributed by atoms with E-state index in [2.05, 4.69) is 25.5 Å². The van der Waals surface area contributed by atoms with Crippen molar-refractivity contribution in [2.75, 3.05) is 32.8 Å². The maximum absolute atomic E-state index is 13.2. The molecule has 1 N–H and O–H groups in total. The molecule has 0 bridgehead atoms. The topological polar surface area (TPSA) is 85.2 Å². The summed E-state index contributed by atoms with van der Waals surface area (Å²) in [6, 6.07) is 8.07. The molecule has 8 nitrogen and oxygen atoms in total. The highest BCUT2D eigenvalue weighted by molar-refractivity contribution is 6.31. The average Bonchev–Trinajstić information content (AvgIpc) is 3.26. The average molecular weight is 445 g/mol. The summed E-state index contributed by atoms with van der Waals surface area (Å²) in [6.45, 7) is 3.60. The van der Waals surface area contributed by atoms with Crippen LogP contribution in [0.25, 0.3) is 0 Å². The molecule has 0 radical (unpaired) electrons. The minimum Gasteiger partial charge on any atom is -0.379 e. The predicted molar refractivity (Wildman–Crippen MR) is 112 cm³/mol. The van der Waals surface area contributed by atoms with Crippen LogP contribution in [0.3, 0.4) is 0 Å². The first-order chi connectivity index (χ1) is 15.1. The van der Waals surface area contributed by atoms with Gasteiger partial charge in [0.2, 0.25) is 0 Å². The van der Waals surface area contributed by atoms with E-state index in [1.54, 1.807) is 24.7 Å². The Kier molecular flexibility index (Phi) is 6.86. The molecule has 0 spiro atoms. The van der Waals surface area contributed by atoms with E-state index < -0.39 is 5.82 Å². The zero-order valence-corrected chi connectivity index (χ0v) is 17.5. The highest BCUT2D eigenvalue weighted by atomic mass is 35.5. The van der Waals surface area contributed by atoms with Crippen molar-refractivity contribution in [1.29, 1.82) is 0 Å². The van der Waals surface area contributed by atoms with E-state index in [1.165, 1.54) is 16.8 Å². The number of halogens is 2. The molecule has 1 atom stereocenters. The number of benzene rings is 1. The molecule has 0 unspecified atom stereocenters. The van der Waals surface area contributed by atoms with Crippen LogP contribution in [0, 0.1) is 5.82 Å². The van der Waals surface area contributed by atoms with Crippen molar-refractivity contribution in [3.63, 3.8) is 0 Å². The smallest absolute Gasteiger partial charge is 0.273 e. The van der Waals surface area contributed by atoms with Crippen molar-refractivity contribution in [3.05, 3.63) is 76.6 Å². The molecular weight excluding hydrogens is 423 g/mol. The number of carbonyl (C=O) groups excluding carboxylic acids is 1. The third-order valence-electron chi connectivity index (χ3n) is 5.15. The fourth-order valence-electron chi connectivity index (χ4n) is 3.52. The van der Waals surface area contributed by atoms with E-state index in [0.717, 1.165) is 18.7 Å². The lowest BCUT2D eigenvalue weighted by molar-refractivity contribution is 0.0162. The first-order valence-corrected chi connectivity index (χ1v) is 10.3. The number of carbonyl (C=O) groups is 1. The van der Waals surface area contributed by atoms with Crippen LogP contribution in [0.5, 0.6) is 0 Å². The summed E-state index contributed by atoms with van der Waals surface area (Å²) < 4.78 is 20.2. The van der Waals surface area contributed by atoms with Crippen LogP contribution in [0.2, 0.25) is 5.02 Å². The zero-order valence-electron chi connectivity index (χ0n) is 16.7. The van der Waals surface area contributed by atoms with Crippen LogP contribution in [-0.4, -0.2) is 63.6 Å². The molecule has 2 aromatic heterocycles. The van der Waals surface area contributed by atoms with E-state index in [1.807, 2.05) is 12.1 Å². The monoisotopic (exact) mass is 444 g/mol. The van der Waals surface area contributed by atoms with E-state index in [-0.39, 0.29) is 24.2 Å². The minimum absolute atomic E-state index is 0.00363.